The number of methoxy groups -OCH3 is 1. The molecule has 3 N–H and O–H groups in total. The molecule has 5 rings (SSSR count). The summed E-state index contributed by atoms with van der Waals surface area (Å²) in [5.74, 6) is 0.0329. The fourth-order valence-corrected chi connectivity index (χ4v) is 5.54. The van der Waals surface area contributed by atoms with E-state index in [0.29, 0.717) is 17.1 Å². The van der Waals surface area contributed by atoms with Crippen LogP contribution in [0.2, 0.25) is 0 Å². The minimum atomic E-state index is -0.647. The first-order valence-corrected chi connectivity index (χ1v) is 13.2. The molecule has 1 fully saturated rings. The maximum absolute atomic E-state index is 15.2. The van der Waals surface area contributed by atoms with E-state index < -0.39 is 11.2 Å². The SMILES string of the molecule is CC[C@H](C(=O)NC1=CC=CC2(C)C(c3nc(Nc4cn(C)nc4OC)ncc3F)=CNC12)N1CCN(C)CC1. The first-order chi connectivity index (χ1) is 18.7. The lowest BCUT2D eigenvalue weighted by atomic mass is 9.73. The number of nitrogens with one attached hydrogen (secondary N) is 3. The Balaban J connectivity index is 1.34. The van der Waals surface area contributed by atoms with Gasteiger partial charge in [0.1, 0.15) is 11.4 Å². The number of hydrogen-bond acceptors (Lipinski definition) is 9. The summed E-state index contributed by atoms with van der Waals surface area (Å²) in [6, 6.07) is -0.487. The van der Waals surface area contributed by atoms with Gasteiger partial charge in [-0.15, -0.1) is 5.10 Å². The van der Waals surface area contributed by atoms with Crippen LogP contribution in [-0.4, -0.2) is 87.9 Å². The number of aromatic nitrogens is 4. The fraction of sp³-hybridized carbons (Fsp3) is 0.481. The largest absolute Gasteiger partial charge is 0.478 e. The maximum Gasteiger partial charge on any atom is 0.256 e. The number of nitrogens with zero attached hydrogens (tertiary/aromatic N) is 6. The molecule has 12 heteroatoms. The number of anilines is 2. The Bertz CT molecular complexity index is 1330. The molecular formula is C27H36FN9O2. The minimum absolute atomic E-state index is 0.0219. The number of hydrogen-bond donors (Lipinski definition) is 3. The van der Waals surface area contributed by atoms with Crippen molar-refractivity contribution in [3.05, 3.63) is 54.0 Å². The summed E-state index contributed by atoms with van der Waals surface area (Å²) >= 11 is 0. The molecule has 0 bridgehead atoms. The standard InChI is InChI=1S/C27H36FN9O2/c1-6-21(37-12-10-35(3)11-13-37)24(38)31-19-8-7-9-27(2)17(14-29-23(19)27)22-18(28)15-30-26(33-22)32-20-16-36(4)34-25(20)39-5/h7-9,14-16,21,23,29H,6,10-13H2,1-5H3,(H,31,38)(H,30,32,33)/t21-,23?,27?/m1/s1. The van der Waals surface area contributed by atoms with Crippen LogP contribution in [0.25, 0.3) is 5.57 Å². The number of amides is 1. The molecule has 2 aromatic rings. The van der Waals surface area contributed by atoms with Crippen molar-refractivity contribution in [1.82, 2.24) is 40.2 Å². The molecule has 1 aliphatic carbocycles. The lowest BCUT2D eigenvalue weighted by Crippen LogP contribution is -2.55. The summed E-state index contributed by atoms with van der Waals surface area (Å²) < 4.78 is 22.0. The van der Waals surface area contributed by atoms with Crippen LogP contribution in [0.4, 0.5) is 16.0 Å². The first-order valence-electron chi connectivity index (χ1n) is 13.2. The molecule has 3 atom stereocenters. The summed E-state index contributed by atoms with van der Waals surface area (Å²) in [6.45, 7) is 7.66. The molecule has 2 aromatic heterocycles. The van der Waals surface area contributed by atoms with Crippen molar-refractivity contribution in [2.24, 2.45) is 12.5 Å². The quantitative estimate of drug-likeness (QED) is 0.466. The number of aryl methyl sites for hydroxylation is 1. The van der Waals surface area contributed by atoms with Gasteiger partial charge in [-0.25, -0.2) is 14.4 Å². The number of allylic oxidation sites excluding steroid dienone is 2. The van der Waals surface area contributed by atoms with E-state index in [-0.39, 0.29) is 29.6 Å². The third-order valence-electron chi connectivity index (χ3n) is 7.77. The molecule has 3 aliphatic rings. The van der Waals surface area contributed by atoms with Gasteiger partial charge in [0.25, 0.3) is 5.88 Å². The number of fused-ring (bicyclic) bond motifs is 1. The number of rotatable bonds is 8. The van der Waals surface area contributed by atoms with E-state index in [9.17, 15) is 4.79 Å². The van der Waals surface area contributed by atoms with Crippen molar-refractivity contribution in [2.75, 3.05) is 45.7 Å². The van der Waals surface area contributed by atoms with E-state index in [1.54, 1.807) is 24.1 Å². The summed E-state index contributed by atoms with van der Waals surface area (Å²) in [7, 11) is 5.39. The Morgan fingerprint density at radius 3 is 2.79 bits per heavy atom. The van der Waals surface area contributed by atoms with Crippen molar-refractivity contribution in [1.29, 1.82) is 0 Å². The summed E-state index contributed by atoms with van der Waals surface area (Å²) in [4.78, 5) is 26.6. The molecule has 1 saturated heterocycles. The van der Waals surface area contributed by atoms with Crippen LogP contribution in [-0.2, 0) is 11.8 Å². The Hall–Kier alpha value is -3.77. The van der Waals surface area contributed by atoms with Gasteiger partial charge in [-0.3, -0.25) is 14.4 Å². The number of piperazine rings is 1. The van der Waals surface area contributed by atoms with Crippen molar-refractivity contribution in [2.45, 2.75) is 32.4 Å². The highest BCUT2D eigenvalue weighted by molar-refractivity contribution is 5.84. The Morgan fingerprint density at radius 2 is 2.08 bits per heavy atom. The predicted molar refractivity (Wildman–Crippen MR) is 147 cm³/mol. The van der Waals surface area contributed by atoms with E-state index in [0.717, 1.165) is 44.5 Å². The lowest BCUT2D eigenvalue weighted by Gasteiger charge is -2.38. The van der Waals surface area contributed by atoms with Gasteiger partial charge in [0.15, 0.2) is 5.82 Å². The highest BCUT2D eigenvalue weighted by Gasteiger charge is 2.45. The van der Waals surface area contributed by atoms with Gasteiger partial charge in [-0.05, 0) is 26.5 Å². The van der Waals surface area contributed by atoms with Gasteiger partial charge in [0.05, 0.1) is 31.6 Å². The lowest BCUT2D eigenvalue weighted by molar-refractivity contribution is -0.126. The molecule has 2 aliphatic heterocycles. The topological polar surface area (TPSA) is 112 Å². The van der Waals surface area contributed by atoms with Crippen molar-refractivity contribution >= 4 is 23.1 Å². The van der Waals surface area contributed by atoms with E-state index in [4.69, 9.17) is 4.74 Å². The molecular weight excluding hydrogens is 501 g/mol. The fourth-order valence-electron chi connectivity index (χ4n) is 5.54. The zero-order valence-corrected chi connectivity index (χ0v) is 23.0. The van der Waals surface area contributed by atoms with Gasteiger partial charge in [0, 0.05) is 56.1 Å². The van der Waals surface area contributed by atoms with Crippen LogP contribution in [0.15, 0.2) is 42.5 Å². The average Bonchev–Trinajstić information content (AvgIpc) is 3.45. The highest BCUT2D eigenvalue weighted by atomic mass is 19.1. The van der Waals surface area contributed by atoms with Crippen molar-refractivity contribution in [3.8, 4) is 5.88 Å². The molecule has 4 heterocycles. The zero-order chi connectivity index (χ0) is 27.7. The molecule has 2 unspecified atom stereocenters. The number of ether oxygens (including phenoxy) is 1. The van der Waals surface area contributed by atoms with Crippen LogP contribution in [0.3, 0.4) is 0 Å². The molecule has 0 saturated carbocycles. The summed E-state index contributed by atoms with van der Waals surface area (Å²) in [6.07, 6.45) is 11.2. The van der Waals surface area contributed by atoms with Crippen LogP contribution in [0.5, 0.6) is 5.88 Å². The van der Waals surface area contributed by atoms with E-state index in [1.165, 1.54) is 7.11 Å². The van der Waals surface area contributed by atoms with E-state index in [1.807, 2.05) is 32.1 Å². The summed E-state index contributed by atoms with van der Waals surface area (Å²) in [5.41, 5.74) is 1.50. The zero-order valence-electron chi connectivity index (χ0n) is 23.0. The third kappa shape index (κ3) is 5.13. The second-order valence-electron chi connectivity index (χ2n) is 10.4. The van der Waals surface area contributed by atoms with E-state index in [2.05, 4.69) is 47.9 Å². The molecule has 208 valence electrons. The number of halogens is 1. The Morgan fingerprint density at radius 1 is 1.31 bits per heavy atom. The van der Waals surface area contributed by atoms with Crippen LogP contribution >= 0.6 is 0 Å². The predicted octanol–water partition coefficient (Wildman–Crippen LogP) is 2.02. The van der Waals surface area contributed by atoms with Gasteiger partial charge in [0.2, 0.25) is 11.9 Å². The monoisotopic (exact) mass is 537 g/mol. The molecule has 11 nitrogen and oxygen atoms in total. The van der Waals surface area contributed by atoms with E-state index >= 15 is 4.39 Å². The third-order valence-corrected chi connectivity index (χ3v) is 7.77. The normalized spacial score (nSPS) is 23.9. The maximum atomic E-state index is 15.2. The molecule has 0 aromatic carbocycles. The average molecular weight is 538 g/mol. The second-order valence-corrected chi connectivity index (χ2v) is 10.4. The summed E-state index contributed by atoms with van der Waals surface area (Å²) in [5, 5.41) is 13.8. The van der Waals surface area contributed by atoms with Crippen LogP contribution < -0.4 is 20.7 Å². The Labute approximate surface area is 227 Å². The minimum Gasteiger partial charge on any atom is -0.478 e. The number of carbonyl (C=O) groups is 1. The molecule has 0 radical (unpaired) electrons. The smallest absolute Gasteiger partial charge is 0.256 e. The first kappa shape index (κ1) is 26.8. The van der Waals surface area contributed by atoms with Gasteiger partial charge < -0.3 is 25.6 Å². The number of carbonyl (C=O) groups excluding carboxylic acids is 1. The molecule has 1 amide bonds. The highest BCUT2D eigenvalue weighted by Crippen LogP contribution is 2.46. The Kier molecular flexibility index (Phi) is 7.41. The van der Waals surface area contributed by atoms with Crippen LogP contribution in [0.1, 0.15) is 26.0 Å². The van der Waals surface area contributed by atoms with Crippen molar-refractivity contribution < 1.29 is 13.9 Å². The van der Waals surface area contributed by atoms with Crippen molar-refractivity contribution in [3.63, 3.8) is 0 Å². The molecule has 0 spiro atoms. The van der Waals surface area contributed by atoms with Gasteiger partial charge >= 0.3 is 0 Å². The number of likely N-dealkylation sites (N-methyl/N-ethyl adjacent to an activating group) is 1. The molecule has 39 heavy (non-hydrogen) atoms. The van der Waals surface area contributed by atoms with Gasteiger partial charge in [-0.2, -0.15) is 0 Å². The van der Waals surface area contributed by atoms with Crippen LogP contribution in [0, 0.1) is 11.2 Å². The van der Waals surface area contributed by atoms with Gasteiger partial charge in [-0.1, -0.05) is 19.1 Å². The second kappa shape index (κ2) is 10.8.